The summed E-state index contributed by atoms with van der Waals surface area (Å²) >= 11 is 0. The molecule has 7 rings (SSSR count). The number of hydrogen-bond acceptors (Lipinski definition) is 6. The average molecular weight is 646 g/mol. The molecule has 0 aliphatic carbocycles. The molecular weight excluding hydrogens is 611 g/mol. The van der Waals surface area contributed by atoms with E-state index < -0.39 is 16.3 Å². The van der Waals surface area contributed by atoms with Crippen molar-refractivity contribution in [2.75, 3.05) is 0 Å². The van der Waals surface area contributed by atoms with Crippen LogP contribution >= 0.6 is 0 Å². The minimum absolute atomic E-state index is 0.0379. The van der Waals surface area contributed by atoms with Crippen LogP contribution in [0.1, 0.15) is 46.1 Å². The molecule has 0 bridgehead atoms. The Balaban J connectivity index is 1.21. The second kappa shape index (κ2) is 13.6. The number of fused-ring (bicyclic) bond motifs is 1. The van der Waals surface area contributed by atoms with Gasteiger partial charge in [-0.3, -0.25) is 0 Å². The smallest absolute Gasteiger partial charge is 0.240 e. The summed E-state index contributed by atoms with van der Waals surface area (Å²) in [5.74, 6) is -0.153. The highest BCUT2D eigenvalue weighted by Gasteiger charge is 2.42. The Bertz CT molecular complexity index is 2030. The van der Waals surface area contributed by atoms with Crippen molar-refractivity contribution in [2.45, 2.75) is 49.0 Å². The number of ether oxygens (including phenoxy) is 2. The zero-order valence-corrected chi connectivity index (χ0v) is 26.4. The number of aliphatic hydroxyl groups excluding tert-OH is 1. The lowest BCUT2D eigenvalue weighted by Gasteiger charge is -2.43. The maximum atomic E-state index is 12.8. The topological polar surface area (TPSA) is 103 Å². The van der Waals surface area contributed by atoms with Crippen molar-refractivity contribution in [3.05, 3.63) is 168 Å². The summed E-state index contributed by atoms with van der Waals surface area (Å²) in [6, 6.07) is 42.2. The molecule has 1 fully saturated rings. The SMILES string of the molecule is O=S(=O)(NCc1ccc(C2OC(Cn3cnc4ccccc43)C(c3ccccc3)C(c3ccc(CO)cc3)O2)cc1)c1ccccc1. The molecule has 238 valence electrons. The number of aromatic nitrogens is 2. The largest absolute Gasteiger partial charge is 0.392 e. The fourth-order valence-corrected chi connectivity index (χ4v) is 7.21. The monoisotopic (exact) mass is 645 g/mol. The Hall–Kier alpha value is -4.64. The first-order valence-corrected chi connectivity index (χ1v) is 17.1. The van der Waals surface area contributed by atoms with Crippen LogP contribution in [0.3, 0.4) is 0 Å². The second-order valence-electron chi connectivity index (χ2n) is 11.7. The van der Waals surface area contributed by atoms with E-state index in [0.717, 1.165) is 38.9 Å². The molecule has 1 aliphatic rings. The van der Waals surface area contributed by atoms with Crippen LogP contribution in [-0.2, 0) is 39.2 Å². The van der Waals surface area contributed by atoms with Crippen LogP contribution in [0.5, 0.6) is 0 Å². The van der Waals surface area contributed by atoms with Gasteiger partial charge in [0.15, 0.2) is 6.29 Å². The van der Waals surface area contributed by atoms with Crippen LogP contribution in [0.4, 0.5) is 0 Å². The van der Waals surface area contributed by atoms with Gasteiger partial charge in [0.1, 0.15) is 0 Å². The highest BCUT2D eigenvalue weighted by Crippen LogP contribution is 2.47. The summed E-state index contributed by atoms with van der Waals surface area (Å²) in [6.45, 7) is 0.657. The highest BCUT2D eigenvalue weighted by molar-refractivity contribution is 7.89. The molecule has 1 saturated heterocycles. The van der Waals surface area contributed by atoms with Gasteiger partial charge in [-0.25, -0.2) is 18.1 Å². The Morgan fingerprint density at radius 1 is 0.702 bits per heavy atom. The first-order valence-electron chi connectivity index (χ1n) is 15.6. The molecule has 47 heavy (non-hydrogen) atoms. The summed E-state index contributed by atoms with van der Waals surface area (Å²) in [4.78, 5) is 4.85. The average Bonchev–Trinajstić information content (AvgIpc) is 3.54. The first-order chi connectivity index (χ1) is 23.0. The van der Waals surface area contributed by atoms with Gasteiger partial charge in [0, 0.05) is 18.0 Å². The van der Waals surface area contributed by atoms with Crippen molar-refractivity contribution in [2.24, 2.45) is 0 Å². The van der Waals surface area contributed by atoms with E-state index in [1.54, 1.807) is 30.3 Å². The summed E-state index contributed by atoms with van der Waals surface area (Å²) < 4.78 is 44.0. The van der Waals surface area contributed by atoms with Gasteiger partial charge in [-0.15, -0.1) is 0 Å². The molecule has 6 aromatic rings. The van der Waals surface area contributed by atoms with Crippen molar-refractivity contribution in [1.29, 1.82) is 0 Å². The number of nitrogens with one attached hydrogen (secondary N) is 1. The number of hydrogen-bond donors (Lipinski definition) is 2. The van der Waals surface area contributed by atoms with Gasteiger partial charge in [0.25, 0.3) is 0 Å². The predicted molar refractivity (Wildman–Crippen MR) is 180 cm³/mol. The van der Waals surface area contributed by atoms with E-state index in [1.165, 1.54) is 0 Å². The summed E-state index contributed by atoms with van der Waals surface area (Å²) in [7, 11) is -3.64. The number of aliphatic hydroxyl groups is 1. The van der Waals surface area contributed by atoms with E-state index in [4.69, 9.17) is 9.47 Å². The number of para-hydroxylation sites is 2. The minimum Gasteiger partial charge on any atom is -0.392 e. The number of sulfonamides is 1. The standard InChI is InChI=1S/C38H35N3O5S/c42-25-28-17-19-30(20-18-28)37-36(29-9-3-1-4-10-29)35(24-41-26-39-33-13-7-8-14-34(33)41)45-38(46-37)31-21-15-27(16-22-31)23-40-47(43,44)32-11-5-2-6-12-32/h1-22,26,35-38,40,42H,23-25H2. The fraction of sp³-hybridized carbons (Fsp3) is 0.184. The van der Waals surface area contributed by atoms with Gasteiger partial charge in [-0.2, -0.15) is 0 Å². The van der Waals surface area contributed by atoms with Crippen molar-refractivity contribution in [3.63, 3.8) is 0 Å². The highest BCUT2D eigenvalue weighted by atomic mass is 32.2. The lowest BCUT2D eigenvalue weighted by atomic mass is 9.83. The fourth-order valence-electron chi connectivity index (χ4n) is 6.17. The van der Waals surface area contributed by atoms with E-state index in [1.807, 2.05) is 91.3 Å². The Labute approximate surface area is 274 Å². The Morgan fingerprint density at radius 2 is 1.34 bits per heavy atom. The van der Waals surface area contributed by atoms with Gasteiger partial charge < -0.3 is 19.1 Å². The lowest BCUT2D eigenvalue weighted by Crippen LogP contribution is -2.39. The summed E-state index contributed by atoms with van der Waals surface area (Å²) in [6.07, 6.45) is 0.513. The maximum absolute atomic E-state index is 12.8. The van der Waals surface area contributed by atoms with Crippen LogP contribution in [-0.4, -0.2) is 29.2 Å². The van der Waals surface area contributed by atoms with Crippen LogP contribution in [0.15, 0.2) is 145 Å². The second-order valence-corrected chi connectivity index (χ2v) is 13.4. The molecule has 0 amide bonds. The van der Waals surface area contributed by atoms with Crippen LogP contribution in [0, 0.1) is 0 Å². The van der Waals surface area contributed by atoms with Crippen LogP contribution in [0.25, 0.3) is 11.0 Å². The van der Waals surface area contributed by atoms with Crippen molar-refractivity contribution in [1.82, 2.24) is 14.3 Å². The normalized spacial score (nSPS) is 19.9. The van der Waals surface area contributed by atoms with Crippen molar-refractivity contribution < 1.29 is 23.0 Å². The molecule has 0 radical (unpaired) electrons. The maximum Gasteiger partial charge on any atom is 0.240 e. The molecule has 4 atom stereocenters. The third kappa shape index (κ3) is 6.76. The van der Waals surface area contributed by atoms with Gasteiger partial charge in [0.05, 0.1) is 47.6 Å². The molecule has 2 heterocycles. The molecule has 0 saturated carbocycles. The van der Waals surface area contributed by atoms with E-state index in [9.17, 15) is 13.5 Å². The number of nitrogens with zero attached hydrogens (tertiary/aromatic N) is 2. The van der Waals surface area contributed by atoms with Crippen molar-refractivity contribution >= 4 is 21.1 Å². The van der Waals surface area contributed by atoms with Gasteiger partial charge >= 0.3 is 0 Å². The van der Waals surface area contributed by atoms with E-state index in [2.05, 4.69) is 32.5 Å². The molecule has 1 aliphatic heterocycles. The van der Waals surface area contributed by atoms with Crippen LogP contribution < -0.4 is 4.72 Å². The zero-order valence-electron chi connectivity index (χ0n) is 25.6. The van der Waals surface area contributed by atoms with E-state index in [0.29, 0.717) is 6.54 Å². The Morgan fingerprint density at radius 3 is 2.06 bits per heavy atom. The molecule has 5 aromatic carbocycles. The third-order valence-electron chi connectivity index (χ3n) is 8.65. The Kier molecular flexibility index (Phi) is 8.97. The van der Waals surface area contributed by atoms with Gasteiger partial charge in [-0.1, -0.05) is 109 Å². The minimum atomic E-state index is -3.64. The number of imidazole rings is 1. The van der Waals surface area contributed by atoms with Gasteiger partial charge in [-0.05, 0) is 46.5 Å². The van der Waals surface area contributed by atoms with Gasteiger partial charge in [0.2, 0.25) is 10.0 Å². The van der Waals surface area contributed by atoms with E-state index in [-0.39, 0.29) is 36.2 Å². The molecule has 1 aromatic heterocycles. The molecule has 4 unspecified atom stereocenters. The first kappa shape index (κ1) is 31.0. The summed E-state index contributed by atoms with van der Waals surface area (Å²) in [5.41, 5.74) is 6.48. The molecule has 2 N–H and O–H groups in total. The molecule has 0 spiro atoms. The predicted octanol–water partition coefficient (Wildman–Crippen LogP) is 6.65. The third-order valence-corrected chi connectivity index (χ3v) is 10.1. The molecular formula is C38H35N3O5S. The zero-order chi connectivity index (χ0) is 32.2. The summed E-state index contributed by atoms with van der Waals surface area (Å²) in [5, 5.41) is 9.70. The molecule has 8 nitrogen and oxygen atoms in total. The van der Waals surface area contributed by atoms with Crippen LogP contribution in [0.2, 0.25) is 0 Å². The molecule has 9 heteroatoms. The quantitative estimate of drug-likeness (QED) is 0.173. The number of benzene rings is 5. The lowest BCUT2D eigenvalue weighted by molar-refractivity contribution is -0.263. The number of rotatable bonds is 10. The van der Waals surface area contributed by atoms with E-state index >= 15 is 0 Å². The van der Waals surface area contributed by atoms with Crippen molar-refractivity contribution in [3.8, 4) is 0 Å².